The van der Waals surface area contributed by atoms with Gasteiger partial charge in [0.05, 0.1) is 22.9 Å². The second-order valence-corrected chi connectivity index (χ2v) is 5.95. The summed E-state index contributed by atoms with van der Waals surface area (Å²) in [4.78, 5) is 17.2. The van der Waals surface area contributed by atoms with Crippen LogP contribution in [0.1, 0.15) is 17.4 Å². The quantitative estimate of drug-likeness (QED) is 0.530. The maximum absolute atomic E-state index is 12.5. The molecule has 7 heteroatoms. The molecule has 1 atom stereocenters. The van der Waals surface area contributed by atoms with E-state index in [1.165, 1.54) is 0 Å². The SMILES string of the molecule is Cn1c(C(NC(=O)Nc2cn[nH]c2)c2ccccc2)nc2ccccc21. The normalized spacial score (nSPS) is 12.0. The maximum atomic E-state index is 12.5. The molecule has 0 bridgehead atoms. The Labute approximate surface area is 150 Å². The zero-order chi connectivity index (χ0) is 17.9. The van der Waals surface area contributed by atoms with Gasteiger partial charge in [0.15, 0.2) is 0 Å². The lowest BCUT2D eigenvalue weighted by Crippen LogP contribution is -2.34. The topological polar surface area (TPSA) is 87.6 Å². The molecular weight excluding hydrogens is 328 g/mol. The molecule has 0 aliphatic heterocycles. The minimum absolute atomic E-state index is 0.327. The van der Waals surface area contributed by atoms with Gasteiger partial charge in [0.2, 0.25) is 0 Å². The standard InChI is InChI=1S/C19H18N6O/c1-25-16-10-6-5-9-15(16)23-18(25)17(13-7-3-2-4-8-13)24-19(26)22-14-11-20-21-12-14/h2-12,17H,1H3,(H,20,21)(H2,22,24,26). The van der Waals surface area contributed by atoms with E-state index in [9.17, 15) is 4.79 Å². The van der Waals surface area contributed by atoms with Crippen molar-refractivity contribution in [2.24, 2.45) is 7.05 Å². The first kappa shape index (κ1) is 15.9. The fourth-order valence-electron chi connectivity index (χ4n) is 2.98. The predicted octanol–water partition coefficient (Wildman–Crippen LogP) is 3.21. The molecule has 7 nitrogen and oxygen atoms in total. The number of anilines is 1. The van der Waals surface area contributed by atoms with Crippen LogP contribution in [0.2, 0.25) is 0 Å². The van der Waals surface area contributed by atoms with Crippen molar-refractivity contribution in [1.29, 1.82) is 0 Å². The van der Waals surface area contributed by atoms with E-state index in [0.717, 1.165) is 22.4 Å². The van der Waals surface area contributed by atoms with Gasteiger partial charge in [-0.1, -0.05) is 42.5 Å². The van der Waals surface area contributed by atoms with Crippen LogP contribution >= 0.6 is 0 Å². The summed E-state index contributed by atoms with van der Waals surface area (Å²) in [5.74, 6) is 0.764. The number of aromatic amines is 1. The number of nitrogens with zero attached hydrogens (tertiary/aromatic N) is 3. The highest BCUT2D eigenvalue weighted by molar-refractivity contribution is 5.89. The molecule has 0 radical (unpaired) electrons. The molecule has 0 aliphatic rings. The predicted molar refractivity (Wildman–Crippen MR) is 99.7 cm³/mol. The molecule has 0 spiro atoms. The number of aryl methyl sites for hydroxylation is 1. The van der Waals surface area contributed by atoms with Crippen molar-refractivity contribution in [1.82, 2.24) is 25.1 Å². The van der Waals surface area contributed by atoms with E-state index in [1.54, 1.807) is 12.4 Å². The van der Waals surface area contributed by atoms with Crippen LogP contribution in [0.25, 0.3) is 11.0 Å². The van der Waals surface area contributed by atoms with Gasteiger partial charge in [0.25, 0.3) is 0 Å². The number of carbonyl (C=O) groups is 1. The van der Waals surface area contributed by atoms with Gasteiger partial charge < -0.3 is 15.2 Å². The minimum Gasteiger partial charge on any atom is -0.329 e. The average Bonchev–Trinajstić information content (AvgIpc) is 3.29. The number of hydrogen-bond donors (Lipinski definition) is 3. The number of urea groups is 1. The van der Waals surface area contributed by atoms with Crippen LogP contribution in [0.15, 0.2) is 67.0 Å². The summed E-state index contributed by atoms with van der Waals surface area (Å²) >= 11 is 0. The maximum Gasteiger partial charge on any atom is 0.320 e. The van der Waals surface area contributed by atoms with Crippen LogP contribution in [-0.2, 0) is 7.05 Å². The summed E-state index contributed by atoms with van der Waals surface area (Å²) in [7, 11) is 1.95. The monoisotopic (exact) mass is 346 g/mol. The fourth-order valence-corrected chi connectivity index (χ4v) is 2.98. The highest BCUT2D eigenvalue weighted by atomic mass is 16.2. The van der Waals surface area contributed by atoms with E-state index in [0.29, 0.717) is 5.69 Å². The Morgan fingerprint density at radius 1 is 1.12 bits per heavy atom. The van der Waals surface area contributed by atoms with Gasteiger partial charge in [0.1, 0.15) is 11.9 Å². The Hall–Kier alpha value is -3.61. The van der Waals surface area contributed by atoms with Crippen LogP contribution in [0, 0.1) is 0 Å². The summed E-state index contributed by atoms with van der Waals surface area (Å²) in [6.45, 7) is 0. The molecule has 4 rings (SSSR count). The molecule has 0 saturated heterocycles. The van der Waals surface area contributed by atoms with Gasteiger partial charge in [-0.3, -0.25) is 5.10 Å². The van der Waals surface area contributed by atoms with Gasteiger partial charge in [-0.15, -0.1) is 0 Å². The number of H-pyrrole nitrogens is 1. The molecule has 2 aromatic heterocycles. The molecule has 2 heterocycles. The number of rotatable bonds is 4. The number of aromatic nitrogens is 4. The number of amides is 2. The third-order valence-electron chi connectivity index (χ3n) is 4.24. The Balaban J connectivity index is 1.71. The highest BCUT2D eigenvalue weighted by Gasteiger charge is 2.22. The van der Waals surface area contributed by atoms with E-state index >= 15 is 0 Å². The van der Waals surface area contributed by atoms with Gasteiger partial charge in [-0.25, -0.2) is 9.78 Å². The highest BCUT2D eigenvalue weighted by Crippen LogP contribution is 2.25. The molecule has 4 aromatic rings. The van der Waals surface area contributed by atoms with Crippen molar-refractivity contribution in [3.63, 3.8) is 0 Å². The summed E-state index contributed by atoms with van der Waals surface area (Å²) in [6, 6.07) is 17.0. The van der Waals surface area contributed by atoms with Crippen LogP contribution in [-0.4, -0.2) is 25.8 Å². The fraction of sp³-hybridized carbons (Fsp3) is 0.105. The summed E-state index contributed by atoms with van der Waals surface area (Å²) in [5.41, 5.74) is 3.45. The number of imidazole rings is 1. The molecule has 2 amide bonds. The number of benzene rings is 2. The third kappa shape index (κ3) is 3.02. The van der Waals surface area contributed by atoms with Crippen molar-refractivity contribution < 1.29 is 4.79 Å². The van der Waals surface area contributed by atoms with Crippen LogP contribution < -0.4 is 10.6 Å². The van der Waals surface area contributed by atoms with Crippen molar-refractivity contribution in [3.8, 4) is 0 Å². The van der Waals surface area contributed by atoms with Gasteiger partial charge >= 0.3 is 6.03 Å². The van der Waals surface area contributed by atoms with E-state index < -0.39 is 0 Å². The number of nitrogens with one attached hydrogen (secondary N) is 3. The molecule has 0 saturated carbocycles. The minimum atomic E-state index is -0.388. The number of carbonyl (C=O) groups excluding carboxylic acids is 1. The second-order valence-electron chi connectivity index (χ2n) is 5.95. The van der Waals surface area contributed by atoms with Crippen molar-refractivity contribution in [2.45, 2.75) is 6.04 Å². The average molecular weight is 346 g/mol. The second kappa shape index (κ2) is 6.72. The third-order valence-corrected chi connectivity index (χ3v) is 4.24. The smallest absolute Gasteiger partial charge is 0.320 e. The zero-order valence-electron chi connectivity index (χ0n) is 14.2. The molecular formula is C19H18N6O. The largest absolute Gasteiger partial charge is 0.329 e. The lowest BCUT2D eigenvalue weighted by Gasteiger charge is -2.19. The number of fused-ring (bicyclic) bond motifs is 1. The van der Waals surface area contributed by atoms with Crippen LogP contribution in [0.5, 0.6) is 0 Å². The molecule has 0 aliphatic carbocycles. The van der Waals surface area contributed by atoms with Crippen molar-refractivity contribution in [2.75, 3.05) is 5.32 Å². The van der Waals surface area contributed by atoms with E-state index in [-0.39, 0.29) is 12.1 Å². The summed E-state index contributed by atoms with van der Waals surface area (Å²) in [6.07, 6.45) is 3.17. The lowest BCUT2D eigenvalue weighted by atomic mass is 10.1. The van der Waals surface area contributed by atoms with Crippen LogP contribution in [0.4, 0.5) is 10.5 Å². The van der Waals surface area contributed by atoms with Gasteiger partial charge in [-0.05, 0) is 17.7 Å². The van der Waals surface area contributed by atoms with Gasteiger partial charge in [-0.2, -0.15) is 5.10 Å². The van der Waals surface area contributed by atoms with Crippen LogP contribution in [0.3, 0.4) is 0 Å². The molecule has 0 fully saturated rings. The van der Waals surface area contributed by atoms with E-state index in [1.807, 2.05) is 66.2 Å². The Morgan fingerprint density at radius 3 is 2.62 bits per heavy atom. The Morgan fingerprint density at radius 2 is 1.88 bits per heavy atom. The summed E-state index contributed by atoms with van der Waals surface area (Å²) < 4.78 is 2.01. The number of para-hydroxylation sites is 2. The molecule has 26 heavy (non-hydrogen) atoms. The first-order valence-corrected chi connectivity index (χ1v) is 8.25. The summed E-state index contributed by atoms with van der Waals surface area (Å²) in [5, 5.41) is 12.3. The molecule has 130 valence electrons. The Kier molecular flexibility index (Phi) is 4.10. The molecule has 1 unspecified atom stereocenters. The van der Waals surface area contributed by atoms with Crippen molar-refractivity contribution >= 4 is 22.8 Å². The Bertz CT molecular complexity index is 1020. The molecule has 3 N–H and O–H groups in total. The first-order chi connectivity index (χ1) is 12.7. The zero-order valence-corrected chi connectivity index (χ0v) is 14.2. The van der Waals surface area contributed by atoms with Gasteiger partial charge in [0, 0.05) is 13.2 Å². The van der Waals surface area contributed by atoms with E-state index in [4.69, 9.17) is 4.98 Å². The van der Waals surface area contributed by atoms with E-state index in [2.05, 4.69) is 20.8 Å². The van der Waals surface area contributed by atoms with Crippen molar-refractivity contribution in [3.05, 3.63) is 78.4 Å². The first-order valence-electron chi connectivity index (χ1n) is 8.25. The lowest BCUT2D eigenvalue weighted by molar-refractivity contribution is 0.249. The number of hydrogen-bond acceptors (Lipinski definition) is 3. The molecule has 2 aromatic carbocycles.